The summed E-state index contributed by atoms with van der Waals surface area (Å²) >= 11 is 0. The second kappa shape index (κ2) is 10.4. The van der Waals surface area contributed by atoms with Crippen LogP contribution in [-0.2, 0) is 20.3 Å². The number of hydrogen-bond acceptors (Lipinski definition) is 7. The molecule has 2 aromatic carbocycles. The third-order valence-corrected chi connectivity index (χ3v) is 6.42. The lowest BCUT2D eigenvalue weighted by atomic mass is 10.1. The third-order valence-electron chi connectivity index (χ3n) is 5.60. The van der Waals surface area contributed by atoms with Gasteiger partial charge < -0.3 is 20.3 Å². The van der Waals surface area contributed by atoms with Gasteiger partial charge in [0.1, 0.15) is 5.82 Å². The Balaban J connectivity index is 1.61. The minimum absolute atomic E-state index is 0.106. The lowest BCUT2D eigenvalue weighted by molar-refractivity contribution is 0.0985. The van der Waals surface area contributed by atoms with Gasteiger partial charge in [-0.25, -0.2) is 23.2 Å². The summed E-state index contributed by atoms with van der Waals surface area (Å²) in [4.78, 5) is 23.8. The Bertz CT molecular complexity index is 1310. The predicted octanol–water partition coefficient (Wildman–Crippen LogP) is 3.87. The molecule has 10 heteroatoms. The second-order valence-corrected chi connectivity index (χ2v) is 10.8. The number of sulfone groups is 1. The van der Waals surface area contributed by atoms with Crippen LogP contribution in [-0.4, -0.2) is 56.5 Å². The smallest absolute Gasteiger partial charge is 0.323 e. The minimum Gasteiger partial charge on any atom is -0.377 e. The lowest BCUT2D eigenvalue weighted by Gasteiger charge is -2.34. The number of carbonyl (C=O) groups excluding carboxylic acids is 1. The molecule has 9 nitrogen and oxygen atoms in total. The Morgan fingerprint density at radius 2 is 1.89 bits per heavy atom. The number of ether oxygens (including phenoxy) is 1. The molecule has 0 spiro atoms. The van der Waals surface area contributed by atoms with E-state index in [1.165, 1.54) is 6.26 Å². The van der Waals surface area contributed by atoms with Crippen molar-refractivity contribution in [2.75, 3.05) is 41.5 Å². The summed E-state index contributed by atoms with van der Waals surface area (Å²) in [6, 6.07) is 16.2. The van der Waals surface area contributed by atoms with Gasteiger partial charge in [-0.1, -0.05) is 18.2 Å². The van der Waals surface area contributed by atoms with E-state index in [2.05, 4.69) is 20.5 Å². The molecule has 3 aromatic rings. The number of para-hydroxylation sites is 1. The van der Waals surface area contributed by atoms with Crippen LogP contribution >= 0.6 is 0 Å². The zero-order chi connectivity index (χ0) is 25.0. The number of morpholine rings is 1. The molecule has 0 aliphatic carbocycles. The highest BCUT2D eigenvalue weighted by molar-refractivity contribution is 7.89. The van der Waals surface area contributed by atoms with E-state index >= 15 is 0 Å². The fourth-order valence-electron chi connectivity index (χ4n) is 3.92. The SMILES string of the molecule is Cc1cc(-c2nc(CS(C)(=O)=O)cc(N3CCOCC3C)n2)ccc1NC(=O)Nc1ccccc1. The average Bonchev–Trinajstić information content (AvgIpc) is 2.80. The van der Waals surface area contributed by atoms with E-state index in [1.54, 1.807) is 12.1 Å². The van der Waals surface area contributed by atoms with E-state index in [4.69, 9.17) is 9.72 Å². The summed E-state index contributed by atoms with van der Waals surface area (Å²) in [7, 11) is -3.28. The van der Waals surface area contributed by atoms with Gasteiger partial charge in [0.2, 0.25) is 0 Å². The van der Waals surface area contributed by atoms with Gasteiger partial charge in [0.05, 0.1) is 30.7 Å². The van der Waals surface area contributed by atoms with Gasteiger partial charge in [0, 0.05) is 35.8 Å². The van der Waals surface area contributed by atoms with Crippen LogP contribution in [0.5, 0.6) is 0 Å². The fourth-order valence-corrected chi connectivity index (χ4v) is 4.60. The Morgan fingerprint density at radius 3 is 2.57 bits per heavy atom. The van der Waals surface area contributed by atoms with E-state index in [1.807, 2.05) is 56.3 Å². The molecule has 1 aliphatic rings. The topological polar surface area (TPSA) is 114 Å². The van der Waals surface area contributed by atoms with E-state index < -0.39 is 9.84 Å². The molecule has 1 saturated heterocycles. The number of hydrogen-bond donors (Lipinski definition) is 2. The number of carbonyl (C=O) groups is 1. The first-order chi connectivity index (χ1) is 16.7. The summed E-state index contributed by atoms with van der Waals surface area (Å²) in [5, 5.41) is 5.65. The molecule has 1 aliphatic heterocycles. The summed E-state index contributed by atoms with van der Waals surface area (Å²) < 4.78 is 29.5. The van der Waals surface area contributed by atoms with Crippen LogP contribution in [0.2, 0.25) is 0 Å². The number of aryl methyl sites for hydroxylation is 1. The number of aromatic nitrogens is 2. The van der Waals surface area contributed by atoms with Crippen LogP contribution < -0.4 is 15.5 Å². The van der Waals surface area contributed by atoms with Crippen molar-refractivity contribution < 1.29 is 17.9 Å². The number of benzene rings is 2. The van der Waals surface area contributed by atoms with Gasteiger partial charge in [-0.3, -0.25) is 0 Å². The zero-order valence-electron chi connectivity index (χ0n) is 20.0. The van der Waals surface area contributed by atoms with E-state index in [-0.39, 0.29) is 17.8 Å². The number of nitrogens with one attached hydrogen (secondary N) is 2. The van der Waals surface area contributed by atoms with E-state index in [0.29, 0.717) is 48.5 Å². The molecule has 2 amide bonds. The highest BCUT2D eigenvalue weighted by atomic mass is 32.2. The number of nitrogens with zero attached hydrogens (tertiary/aromatic N) is 3. The van der Waals surface area contributed by atoms with Crippen LogP contribution in [0.15, 0.2) is 54.6 Å². The van der Waals surface area contributed by atoms with Crippen LogP contribution in [0.4, 0.5) is 22.0 Å². The van der Waals surface area contributed by atoms with Crippen molar-refractivity contribution in [3.8, 4) is 11.4 Å². The molecule has 1 atom stereocenters. The summed E-state index contributed by atoms with van der Waals surface area (Å²) in [6.07, 6.45) is 1.19. The minimum atomic E-state index is -3.28. The first kappa shape index (κ1) is 24.6. The highest BCUT2D eigenvalue weighted by Crippen LogP contribution is 2.27. The molecule has 4 rings (SSSR count). The summed E-state index contributed by atoms with van der Waals surface area (Å²) in [6.45, 7) is 5.74. The quantitative estimate of drug-likeness (QED) is 0.534. The van der Waals surface area contributed by atoms with Crippen molar-refractivity contribution in [1.29, 1.82) is 0 Å². The molecule has 0 radical (unpaired) electrons. The average molecular weight is 496 g/mol. The molecular weight excluding hydrogens is 466 g/mol. The van der Waals surface area contributed by atoms with Crippen molar-refractivity contribution in [3.63, 3.8) is 0 Å². The number of urea groups is 1. The molecule has 35 heavy (non-hydrogen) atoms. The van der Waals surface area contributed by atoms with Crippen molar-refractivity contribution in [2.24, 2.45) is 0 Å². The maximum absolute atomic E-state index is 12.4. The van der Waals surface area contributed by atoms with Gasteiger partial charge in [0.15, 0.2) is 15.7 Å². The molecule has 1 fully saturated rings. The normalized spacial score (nSPS) is 16.1. The van der Waals surface area contributed by atoms with Crippen molar-refractivity contribution in [2.45, 2.75) is 25.6 Å². The summed E-state index contributed by atoms with van der Waals surface area (Å²) in [5.74, 6) is 0.932. The second-order valence-electron chi connectivity index (χ2n) is 8.70. The maximum atomic E-state index is 12.4. The van der Waals surface area contributed by atoms with Crippen molar-refractivity contribution >= 4 is 33.1 Å². The monoisotopic (exact) mass is 495 g/mol. The van der Waals surface area contributed by atoms with E-state index in [0.717, 1.165) is 11.1 Å². The predicted molar refractivity (Wildman–Crippen MR) is 137 cm³/mol. The lowest BCUT2D eigenvalue weighted by Crippen LogP contribution is -2.44. The Kier molecular flexibility index (Phi) is 7.32. The van der Waals surface area contributed by atoms with Gasteiger partial charge in [0.25, 0.3) is 0 Å². The number of rotatable bonds is 6. The number of anilines is 3. The van der Waals surface area contributed by atoms with Crippen LogP contribution in [0, 0.1) is 6.92 Å². The summed E-state index contributed by atoms with van der Waals surface area (Å²) in [5.41, 5.74) is 3.34. The first-order valence-corrected chi connectivity index (χ1v) is 13.4. The molecule has 2 heterocycles. The van der Waals surface area contributed by atoms with Crippen LogP contribution in [0.1, 0.15) is 18.2 Å². The van der Waals surface area contributed by atoms with E-state index in [9.17, 15) is 13.2 Å². The Labute approximate surface area is 205 Å². The van der Waals surface area contributed by atoms with Gasteiger partial charge in [-0.05, 0) is 49.7 Å². The maximum Gasteiger partial charge on any atom is 0.323 e. The highest BCUT2D eigenvalue weighted by Gasteiger charge is 2.22. The van der Waals surface area contributed by atoms with Gasteiger partial charge in [-0.2, -0.15) is 0 Å². The molecule has 0 saturated carbocycles. The molecule has 184 valence electrons. The van der Waals surface area contributed by atoms with Gasteiger partial charge in [-0.15, -0.1) is 0 Å². The largest absolute Gasteiger partial charge is 0.377 e. The van der Waals surface area contributed by atoms with Gasteiger partial charge >= 0.3 is 6.03 Å². The zero-order valence-corrected chi connectivity index (χ0v) is 20.8. The van der Waals surface area contributed by atoms with Crippen molar-refractivity contribution in [1.82, 2.24) is 9.97 Å². The number of amides is 2. The standard InChI is InChI=1S/C25H29N5O4S/c1-17-13-19(9-10-22(17)28-25(31)27-20-7-5-4-6-8-20)24-26-21(16-35(3,32)33)14-23(29-24)30-11-12-34-15-18(30)2/h4-10,13-14,18H,11-12,15-16H2,1-3H3,(H2,27,28,31). The fraction of sp³-hybridized carbons (Fsp3) is 0.320. The molecule has 0 bridgehead atoms. The molecule has 2 N–H and O–H groups in total. The van der Waals surface area contributed by atoms with Crippen LogP contribution in [0.3, 0.4) is 0 Å². The third kappa shape index (κ3) is 6.55. The molecule has 1 aromatic heterocycles. The first-order valence-electron chi connectivity index (χ1n) is 11.3. The Morgan fingerprint density at radius 1 is 1.11 bits per heavy atom. The van der Waals surface area contributed by atoms with Crippen LogP contribution in [0.25, 0.3) is 11.4 Å². The molecule has 1 unspecified atom stereocenters. The Hall–Kier alpha value is -3.50. The van der Waals surface area contributed by atoms with Crippen molar-refractivity contribution in [3.05, 3.63) is 65.9 Å². The molecular formula is C25H29N5O4S.